The van der Waals surface area contributed by atoms with Crippen LogP contribution in [0.1, 0.15) is 18.1 Å². The van der Waals surface area contributed by atoms with E-state index in [1.165, 1.54) is 11.6 Å². The number of nitrogens with zero attached hydrogens (tertiary/aromatic N) is 1. The van der Waals surface area contributed by atoms with Crippen LogP contribution in [0.2, 0.25) is 0 Å². The zero-order chi connectivity index (χ0) is 16.8. The van der Waals surface area contributed by atoms with Gasteiger partial charge in [-0.1, -0.05) is 24.3 Å². The molecule has 1 aliphatic heterocycles. The zero-order valence-electron chi connectivity index (χ0n) is 13.7. The van der Waals surface area contributed by atoms with Crippen LogP contribution in [-0.4, -0.2) is 34.4 Å². The zero-order valence-corrected chi connectivity index (χ0v) is 14.5. The quantitative estimate of drug-likeness (QED) is 0.681. The fraction of sp³-hybridized carbons (Fsp3) is 0.333. The molecule has 1 N–H and O–H groups in total. The molecule has 1 unspecified atom stereocenters. The first-order chi connectivity index (χ1) is 11.0. The number of thioether (sulfide) groups is 1. The number of hydrogen-bond donors (Lipinski definition) is 1. The summed E-state index contributed by atoms with van der Waals surface area (Å²) in [7, 11) is 0. The van der Waals surface area contributed by atoms with Crippen molar-refractivity contribution in [2.45, 2.75) is 26.8 Å². The number of allylic oxidation sites excluding steroid dienone is 3. The predicted molar refractivity (Wildman–Crippen MR) is 96.5 cm³/mol. The number of carbonyl (C=O) groups excluding carboxylic acids is 2. The highest BCUT2D eigenvalue weighted by Crippen LogP contribution is 2.23. The second kappa shape index (κ2) is 8.02. The predicted octanol–water partition coefficient (Wildman–Crippen LogP) is 3.28. The summed E-state index contributed by atoms with van der Waals surface area (Å²) in [6, 6.07) is 5.40. The summed E-state index contributed by atoms with van der Waals surface area (Å²) in [6.07, 6.45) is 6.85. The van der Waals surface area contributed by atoms with E-state index in [0.29, 0.717) is 11.6 Å². The van der Waals surface area contributed by atoms with Gasteiger partial charge in [-0.15, -0.1) is 11.8 Å². The second-order valence-electron chi connectivity index (χ2n) is 5.50. The number of rotatable bonds is 4. The van der Waals surface area contributed by atoms with Gasteiger partial charge in [0, 0.05) is 17.5 Å². The summed E-state index contributed by atoms with van der Waals surface area (Å²) in [5, 5.41) is 2.92. The van der Waals surface area contributed by atoms with Crippen molar-refractivity contribution in [1.29, 1.82) is 0 Å². The Hall–Kier alpha value is -2.01. The molecule has 1 aromatic carbocycles. The summed E-state index contributed by atoms with van der Waals surface area (Å²) in [6.45, 7) is 5.94. The van der Waals surface area contributed by atoms with E-state index in [1.807, 2.05) is 45.0 Å². The molecule has 4 nitrogen and oxygen atoms in total. The lowest BCUT2D eigenvalue weighted by Crippen LogP contribution is -2.43. The lowest BCUT2D eigenvalue weighted by Gasteiger charge is -2.21. The van der Waals surface area contributed by atoms with Gasteiger partial charge in [0.1, 0.15) is 6.04 Å². The minimum atomic E-state index is -0.427. The third-order valence-electron chi connectivity index (χ3n) is 3.78. The van der Waals surface area contributed by atoms with E-state index < -0.39 is 6.04 Å². The number of hydrogen-bond acceptors (Lipinski definition) is 3. The molecule has 0 spiro atoms. The van der Waals surface area contributed by atoms with Crippen LogP contribution in [0, 0.1) is 13.8 Å². The molecule has 0 bridgehead atoms. The molecule has 1 heterocycles. The minimum Gasteiger partial charge on any atom is -0.324 e. The minimum absolute atomic E-state index is 0.131. The van der Waals surface area contributed by atoms with E-state index in [2.05, 4.69) is 5.32 Å². The molecule has 1 saturated heterocycles. The smallest absolute Gasteiger partial charge is 0.248 e. The molecular formula is C18H22N2O2S. The fourth-order valence-corrected chi connectivity index (χ4v) is 3.43. The largest absolute Gasteiger partial charge is 0.324 e. The van der Waals surface area contributed by atoms with Crippen LogP contribution in [0.15, 0.2) is 42.5 Å². The maximum atomic E-state index is 12.5. The Morgan fingerprint density at radius 2 is 2.04 bits per heavy atom. The Labute approximate surface area is 141 Å². The van der Waals surface area contributed by atoms with Crippen LogP contribution in [0.5, 0.6) is 0 Å². The van der Waals surface area contributed by atoms with Gasteiger partial charge in [-0.3, -0.25) is 9.59 Å². The average Bonchev–Trinajstić information content (AvgIpc) is 3.01. The highest BCUT2D eigenvalue weighted by Gasteiger charge is 2.33. The second-order valence-corrected chi connectivity index (χ2v) is 6.50. The highest BCUT2D eigenvalue weighted by molar-refractivity contribution is 7.99. The molecule has 23 heavy (non-hydrogen) atoms. The first-order valence-corrected chi connectivity index (χ1v) is 8.74. The van der Waals surface area contributed by atoms with Crippen LogP contribution in [0.3, 0.4) is 0 Å². The fourth-order valence-electron chi connectivity index (χ4n) is 2.27. The van der Waals surface area contributed by atoms with E-state index in [9.17, 15) is 9.59 Å². The van der Waals surface area contributed by atoms with E-state index in [0.717, 1.165) is 11.3 Å². The Morgan fingerprint density at radius 1 is 1.26 bits per heavy atom. The van der Waals surface area contributed by atoms with E-state index in [1.54, 1.807) is 28.8 Å². The van der Waals surface area contributed by atoms with Gasteiger partial charge < -0.3 is 10.2 Å². The molecule has 1 aromatic rings. The monoisotopic (exact) mass is 330 g/mol. The molecule has 5 heteroatoms. The van der Waals surface area contributed by atoms with Gasteiger partial charge in [0.25, 0.3) is 0 Å². The molecule has 1 atom stereocenters. The van der Waals surface area contributed by atoms with Crippen molar-refractivity contribution in [3.05, 3.63) is 53.6 Å². The Bertz CT molecular complexity index is 652. The van der Waals surface area contributed by atoms with Crippen molar-refractivity contribution in [3.8, 4) is 0 Å². The van der Waals surface area contributed by atoms with Crippen molar-refractivity contribution < 1.29 is 9.59 Å². The number of aryl methyl sites for hydroxylation is 2. The Morgan fingerprint density at radius 3 is 2.74 bits per heavy atom. The Kier molecular flexibility index (Phi) is 6.04. The van der Waals surface area contributed by atoms with Gasteiger partial charge in [0.05, 0.1) is 5.88 Å². The number of amides is 2. The maximum Gasteiger partial charge on any atom is 0.248 e. The molecule has 0 aliphatic carbocycles. The average molecular weight is 330 g/mol. The van der Waals surface area contributed by atoms with E-state index in [4.69, 9.17) is 0 Å². The van der Waals surface area contributed by atoms with Crippen molar-refractivity contribution in [2.24, 2.45) is 0 Å². The van der Waals surface area contributed by atoms with Gasteiger partial charge in [-0.2, -0.15) is 0 Å². The topological polar surface area (TPSA) is 49.4 Å². The lowest BCUT2D eigenvalue weighted by molar-refractivity contribution is -0.132. The summed E-state index contributed by atoms with van der Waals surface area (Å²) in [4.78, 5) is 26.3. The van der Waals surface area contributed by atoms with Gasteiger partial charge >= 0.3 is 0 Å². The van der Waals surface area contributed by atoms with E-state index in [-0.39, 0.29) is 11.8 Å². The Balaban J connectivity index is 2.05. The summed E-state index contributed by atoms with van der Waals surface area (Å²) >= 11 is 1.59. The van der Waals surface area contributed by atoms with Crippen LogP contribution >= 0.6 is 11.8 Å². The normalized spacial score (nSPS) is 18.0. The standard InChI is InChI=1S/C18H22N2O2S/c1-4-5-6-7-17(21)20-12-23-11-16(20)18(22)19-15-9-8-13(2)14(3)10-15/h4-10,16H,11-12H2,1-3H3,(H,19,22). The van der Waals surface area contributed by atoms with Crippen molar-refractivity contribution >= 4 is 29.3 Å². The van der Waals surface area contributed by atoms with Gasteiger partial charge in [-0.05, 0) is 44.0 Å². The molecule has 0 radical (unpaired) electrons. The molecule has 1 aliphatic rings. The summed E-state index contributed by atoms with van der Waals surface area (Å²) in [5.74, 6) is 0.906. The van der Waals surface area contributed by atoms with Crippen LogP contribution in [-0.2, 0) is 9.59 Å². The third-order valence-corrected chi connectivity index (χ3v) is 4.80. The van der Waals surface area contributed by atoms with Crippen molar-refractivity contribution in [3.63, 3.8) is 0 Å². The first-order valence-electron chi connectivity index (χ1n) is 7.58. The number of carbonyl (C=O) groups is 2. The first kappa shape index (κ1) is 17.3. The van der Waals surface area contributed by atoms with Crippen molar-refractivity contribution in [2.75, 3.05) is 16.9 Å². The number of nitrogens with one attached hydrogen (secondary N) is 1. The lowest BCUT2D eigenvalue weighted by atomic mass is 10.1. The molecule has 122 valence electrons. The molecular weight excluding hydrogens is 308 g/mol. The summed E-state index contributed by atoms with van der Waals surface area (Å²) < 4.78 is 0. The number of anilines is 1. The SMILES string of the molecule is CC=CC=CC(=O)N1CSCC1C(=O)Nc1ccc(C)c(C)c1. The molecule has 2 rings (SSSR count). The molecule has 1 fully saturated rings. The van der Waals surface area contributed by atoms with Crippen LogP contribution in [0.25, 0.3) is 0 Å². The maximum absolute atomic E-state index is 12.5. The van der Waals surface area contributed by atoms with Gasteiger partial charge in [0.2, 0.25) is 11.8 Å². The molecule has 0 aromatic heterocycles. The van der Waals surface area contributed by atoms with Crippen molar-refractivity contribution in [1.82, 2.24) is 4.90 Å². The van der Waals surface area contributed by atoms with E-state index >= 15 is 0 Å². The van der Waals surface area contributed by atoms with Gasteiger partial charge in [-0.25, -0.2) is 0 Å². The molecule has 2 amide bonds. The van der Waals surface area contributed by atoms with Gasteiger partial charge in [0.15, 0.2) is 0 Å². The third kappa shape index (κ3) is 4.48. The van der Waals surface area contributed by atoms with Crippen LogP contribution < -0.4 is 5.32 Å². The number of benzene rings is 1. The molecule has 0 saturated carbocycles. The van der Waals surface area contributed by atoms with Crippen LogP contribution in [0.4, 0.5) is 5.69 Å². The highest BCUT2D eigenvalue weighted by atomic mass is 32.2. The summed E-state index contributed by atoms with van der Waals surface area (Å²) in [5.41, 5.74) is 3.09.